The molecule has 2 aromatic carbocycles. The number of methoxy groups -OCH3 is 3. The number of fused-ring (bicyclic) bond motifs is 1. The summed E-state index contributed by atoms with van der Waals surface area (Å²) in [4.78, 5) is 17.1. The van der Waals surface area contributed by atoms with E-state index >= 15 is 0 Å². The van der Waals surface area contributed by atoms with Crippen molar-refractivity contribution in [2.24, 2.45) is 0 Å². The van der Waals surface area contributed by atoms with E-state index in [1.165, 1.54) is 6.08 Å². The Morgan fingerprint density at radius 2 is 1.90 bits per heavy atom. The normalized spacial score (nSPS) is 12.6. The lowest BCUT2D eigenvalue weighted by Crippen LogP contribution is -2.07. The minimum absolute atomic E-state index is 0.242. The van der Waals surface area contributed by atoms with Gasteiger partial charge in [-0.05, 0) is 35.9 Å². The smallest absolute Gasteiger partial charge is 0.248 e. The molecule has 1 aliphatic heterocycles. The lowest BCUT2D eigenvalue weighted by molar-refractivity contribution is -0.111. The molecule has 1 aromatic heterocycles. The van der Waals surface area contributed by atoms with Crippen molar-refractivity contribution in [2.75, 3.05) is 32.4 Å². The van der Waals surface area contributed by atoms with Gasteiger partial charge in [0.25, 0.3) is 0 Å². The maximum Gasteiger partial charge on any atom is 0.248 e. The number of imidazole rings is 1. The monoisotopic (exact) mass is 437 g/mol. The number of thioether (sulfide) groups is 1. The molecule has 0 unspecified atom stereocenters. The molecule has 2 heterocycles. The van der Waals surface area contributed by atoms with Crippen molar-refractivity contribution >= 4 is 29.4 Å². The molecule has 0 saturated carbocycles. The van der Waals surface area contributed by atoms with E-state index in [4.69, 9.17) is 14.2 Å². The third-order valence-electron chi connectivity index (χ3n) is 4.84. The van der Waals surface area contributed by atoms with Crippen LogP contribution >= 0.6 is 11.8 Å². The number of carbonyl (C=O) groups is 1. The molecule has 0 spiro atoms. The number of nitrogens with zero attached hydrogens (tertiary/aromatic N) is 2. The molecular weight excluding hydrogens is 414 g/mol. The van der Waals surface area contributed by atoms with E-state index < -0.39 is 0 Å². The number of aromatic nitrogens is 2. The second-order valence-corrected chi connectivity index (χ2v) is 7.87. The molecule has 3 aromatic rings. The van der Waals surface area contributed by atoms with Gasteiger partial charge in [0.05, 0.1) is 27.0 Å². The predicted octanol–water partition coefficient (Wildman–Crippen LogP) is 4.33. The summed E-state index contributed by atoms with van der Waals surface area (Å²) in [5.41, 5.74) is 3.33. The molecule has 7 nitrogen and oxygen atoms in total. The predicted molar refractivity (Wildman–Crippen MR) is 122 cm³/mol. The van der Waals surface area contributed by atoms with Crippen LogP contribution in [0.2, 0.25) is 0 Å². The number of benzene rings is 2. The van der Waals surface area contributed by atoms with E-state index in [-0.39, 0.29) is 5.91 Å². The number of ether oxygens (including phenoxy) is 3. The molecule has 1 amide bonds. The summed E-state index contributed by atoms with van der Waals surface area (Å²) in [7, 11) is 4.66. The van der Waals surface area contributed by atoms with Crippen molar-refractivity contribution < 1.29 is 19.0 Å². The summed E-state index contributed by atoms with van der Waals surface area (Å²) < 4.78 is 18.2. The molecule has 0 atom stereocenters. The summed E-state index contributed by atoms with van der Waals surface area (Å²) in [6.07, 6.45) is 5.22. The van der Waals surface area contributed by atoms with Gasteiger partial charge in [0, 0.05) is 35.8 Å². The Kier molecular flexibility index (Phi) is 6.18. The quantitative estimate of drug-likeness (QED) is 0.555. The van der Waals surface area contributed by atoms with Gasteiger partial charge in [0.1, 0.15) is 0 Å². The largest absolute Gasteiger partial charge is 0.493 e. The summed E-state index contributed by atoms with van der Waals surface area (Å²) in [6.45, 7) is 0.981. The fourth-order valence-corrected chi connectivity index (χ4v) is 4.30. The van der Waals surface area contributed by atoms with Crippen LogP contribution in [0, 0.1) is 0 Å². The summed E-state index contributed by atoms with van der Waals surface area (Å²) in [5.74, 6) is 2.39. The second kappa shape index (κ2) is 9.18. The first-order chi connectivity index (χ1) is 15.1. The van der Waals surface area contributed by atoms with Gasteiger partial charge >= 0.3 is 0 Å². The standard InChI is InChI=1S/C23H23N3O4S/c1-28-19-11-15(12-20(29-2)22(19)30-3)7-8-21(27)24-17-6-4-5-16(13-17)18-14-26-9-10-31-23(26)25-18/h4-8,11-14H,9-10H2,1-3H3,(H,24,27)/b8-7+. The first kappa shape index (κ1) is 20.9. The van der Waals surface area contributed by atoms with Crippen LogP contribution in [0.4, 0.5) is 5.69 Å². The average Bonchev–Trinajstić information content (AvgIpc) is 3.39. The van der Waals surface area contributed by atoms with Crippen molar-refractivity contribution in [3.05, 3.63) is 54.2 Å². The van der Waals surface area contributed by atoms with E-state index in [1.807, 2.05) is 24.3 Å². The third kappa shape index (κ3) is 4.54. The van der Waals surface area contributed by atoms with Gasteiger partial charge in [0.15, 0.2) is 16.7 Å². The number of carbonyl (C=O) groups excluding carboxylic acids is 1. The van der Waals surface area contributed by atoms with Gasteiger partial charge in [-0.1, -0.05) is 23.9 Å². The SMILES string of the molecule is COc1cc(/C=C/C(=O)Nc2cccc(-c3cn4c(n3)SCC4)c2)cc(OC)c1OC. The first-order valence-electron chi connectivity index (χ1n) is 9.70. The number of hydrogen-bond acceptors (Lipinski definition) is 6. The summed E-state index contributed by atoms with van der Waals surface area (Å²) >= 11 is 1.76. The number of rotatable bonds is 7. The Balaban J connectivity index is 1.48. The van der Waals surface area contributed by atoms with E-state index in [1.54, 1.807) is 51.3 Å². The van der Waals surface area contributed by atoms with E-state index in [0.29, 0.717) is 22.9 Å². The molecule has 0 fully saturated rings. The molecule has 0 saturated heterocycles. The van der Waals surface area contributed by atoms with Crippen LogP contribution in [0.3, 0.4) is 0 Å². The Hall–Kier alpha value is -3.39. The fourth-order valence-electron chi connectivity index (χ4n) is 3.36. The summed E-state index contributed by atoms with van der Waals surface area (Å²) in [6, 6.07) is 11.2. The number of anilines is 1. The highest BCUT2D eigenvalue weighted by Gasteiger charge is 2.15. The molecular formula is C23H23N3O4S. The van der Waals surface area contributed by atoms with Gasteiger partial charge in [-0.25, -0.2) is 4.98 Å². The van der Waals surface area contributed by atoms with E-state index in [9.17, 15) is 4.79 Å². The lowest BCUT2D eigenvalue weighted by atomic mass is 10.1. The molecule has 0 bridgehead atoms. The van der Waals surface area contributed by atoms with E-state index in [2.05, 4.69) is 21.1 Å². The van der Waals surface area contributed by atoms with Crippen molar-refractivity contribution in [3.63, 3.8) is 0 Å². The maximum atomic E-state index is 12.5. The van der Waals surface area contributed by atoms with Crippen LogP contribution < -0.4 is 19.5 Å². The minimum atomic E-state index is -0.242. The topological polar surface area (TPSA) is 74.6 Å². The minimum Gasteiger partial charge on any atom is -0.493 e. The molecule has 0 radical (unpaired) electrons. The Labute approximate surface area is 185 Å². The number of amides is 1. The summed E-state index contributed by atoms with van der Waals surface area (Å²) in [5, 5.41) is 3.94. The number of hydrogen-bond donors (Lipinski definition) is 1. The van der Waals surface area contributed by atoms with Gasteiger partial charge in [-0.2, -0.15) is 0 Å². The van der Waals surface area contributed by atoms with Crippen LogP contribution in [0.25, 0.3) is 17.3 Å². The third-order valence-corrected chi connectivity index (χ3v) is 5.81. The highest BCUT2D eigenvalue weighted by atomic mass is 32.2. The molecule has 1 N–H and O–H groups in total. The van der Waals surface area contributed by atoms with Gasteiger partial charge in [-0.15, -0.1) is 0 Å². The van der Waals surface area contributed by atoms with Crippen molar-refractivity contribution in [1.29, 1.82) is 0 Å². The zero-order valence-corrected chi connectivity index (χ0v) is 18.4. The van der Waals surface area contributed by atoms with Gasteiger partial charge in [-0.3, -0.25) is 4.79 Å². The van der Waals surface area contributed by atoms with Crippen molar-refractivity contribution in [3.8, 4) is 28.5 Å². The zero-order valence-electron chi connectivity index (χ0n) is 17.5. The number of aryl methyl sites for hydroxylation is 1. The van der Waals surface area contributed by atoms with Crippen LogP contribution in [0.5, 0.6) is 17.2 Å². The first-order valence-corrected chi connectivity index (χ1v) is 10.7. The number of nitrogens with one attached hydrogen (secondary N) is 1. The van der Waals surface area contributed by atoms with Crippen LogP contribution in [-0.4, -0.2) is 42.5 Å². The molecule has 1 aliphatic rings. The highest BCUT2D eigenvalue weighted by Crippen LogP contribution is 2.38. The Bertz CT molecular complexity index is 1090. The maximum absolute atomic E-state index is 12.5. The van der Waals surface area contributed by atoms with Gasteiger partial charge in [0.2, 0.25) is 11.7 Å². The van der Waals surface area contributed by atoms with E-state index in [0.717, 1.165) is 34.3 Å². The molecule has 0 aliphatic carbocycles. The molecule has 31 heavy (non-hydrogen) atoms. The van der Waals surface area contributed by atoms with Crippen molar-refractivity contribution in [1.82, 2.24) is 9.55 Å². The average molecular weight is 438 g/mol. The fraction of sp³-hybridized carbons (Fsp3) is 0.217. The highest BCUT2D eigenvalue weighted by molar-refractivity contribution is 7.99. The van der Waals surface area contributed by atoms with Crippen LogP contribution in [0.15, 0.2) is 53.8 Å². The van der Waals surface area contributed by atoms with Crippen LogP contribution in [-0.2, 0) is 11.3 Å². The molecule has 160 valence electrons. The molecule has 8 heteroatoms. The Morgan fingerprint density at radius 3 is 2.58 bits per heavy atom. The zero-order chi connectivity index (χ0) is 21.8. The van der Waals surface area contributed by atoms with Crippen molar-refractivity contribution in [2.45, 2.75) is 11.7 Å². The second-order valence-electron chi connectivity index (χ2n) is 6.81. The van der Waals surface area contributed by atoms with Crippen LogP contribution in [0.1, 0.15) is 5.56 Å². The Morgan fingerprint density at radius 1 is 1.13 bits per heavy atom. The van der Waals surface area contributed by atoms with Gasteiger partial charge < -0.3 is 24.1 Å². The lowest BCUT2D eigenvalue weighted by Gasteiger charge is -2.12. The molecule has 4 rings (SSSR count).